The van der Waals surface area contributed by atoms with Crippen molar-refractivity contribution in [3.63, 3.8) is 0 Å². The van der Waals surface area contributed by atoms with Crippen molar-refractivity contribution in [1.29, 1.82) is 0 Å². The first-order chi connectivity index (χ1) is 6.95. The maximum Gasteiger partial charge on any atom is 0.0103 e. The minimum Gasteiger partial charge on any atom is -0.330 e. The van der Waals surface area contributed by atoms with Gasteiger partial charge in [-0.3, -0.25) is 0 Å². The zero-order valence-electron chi connectivity index (χ0n) is 10.1. The molecule has 15 heavy (non-hydrogen) atoms. The molecule has 0 bridgehead atoms. The second kappa shape index (κ2) is 5.04. The van der Waals surface area contributed by atoms with E-state index in [0.29, 0.717) is 0 Å². The van der Waals surface area contributed by atoms with E-state index < -0.39 is 0 Å². The van der Waals surface area contributed by atoms with Crippen LogP contribution in [0.1, 0.15) is 31.9 Å². The van der Waals surface area contributed by atoms with Gasteiger partial charge in [0.15, 0.2) is 0 Å². The van der Waals surface area contributed by atoms with E-state index in [1.54, 1.807) is 0 Å². The van der Waals surface area contributed by atoms with Crippen molar-refractivity contribution in [2.45, 2.75) is 38.0 Å². The molecular formula is C13H21NS. The highest BCUT2D eigenvalue weighted by atomic mass is 32.2. The van der Waals surface area contributed by atoms with Crippen molar-refractivity contribution in [2.24, 2.45) is 5.73 Å². The molecule has 0 aliphatic rings. The fraction of sp³-hybridized carbons (Fsp3) is 0.538. The minimum absolute atomic E-state index is 0.238. The number of benzene rings is 1. The first-order valence-corrected chi connectivity index (χ1v) is 6.37. The second-order valence-corrected chi connectivity index (χ2v) is 6.00. The third-order valence-corrected chi connectivity index (χ3v) is 3.63. The van der Waals surface area contributed by atoms with Gasteiger partial charge in [-0.05, 0) is 29.5 Å². The normalized spacial score (nSPS) is 11.8. The summed E-state index contributed by atoms with van der Waals surface area (Å²) in [5.74, 6) is 0.996. The van der Waals surface area contributed by atoms with Crippen molar-refractivity contribution in [3.8, 4) is 0 Å². The molecule has 0 aliphatic carbocycles. The van der Waals surface area contributed by atoms with Crippen molar-refractivity contribution in [2.75, 3.05) is 12.3 Å². The Morgan fingerprint density at radius 2 is 1.93 bits per heavy atom. The van der Waals surface area contributed by atoms with Crippen LogP contribution in [-0.2, 0) is 5.41 Å². The van der Waals surface area contributed by atoms with Crippen LogP contribution in [-0.4, -0.2) is 12.3 Å². The van der Waals surface area contributed by atoms with Gasteiger partial charge in [-0.25, -0.2) is 0 Å². The van der Waals surface area contributed by atoms with Gasteiger partial charge in [0, 0.05) is 17.2 Å². The summed E-state index contributed by atoms with van der Waals surface area (Å²) in [6.07, 6.45) is 0. The summed E-state index contributed by atoms with van der Waals surface area (Å²) >= 11 is 1.84. The Kier molecular flexibility index (Phi) is 4.23. The van der Waals surface area contributed by atoms with Gasteiger partial charge in [-0.1, -0.05) is 32.9 Å². The van der Waals surface area contributed by atoms with Crippen LogP contribution in [0.2, 0.25) is 0 Å². The molecule has 1 rings (SSSR count). The average molecular weight is 223 g/mol. The Hall–Kier alpha value is -0.470. The molecule has 0 aromatic heterocycles. The van der Waals surface area contributed by atoms with Crippen LogP contribution in [0, 0.1) is 6.92 Å². The van der Waals surface area contributed by atoms with Crippen molar-refractivity contribution in [3.05, 3.63) is 29.3 Å². The summed E-state index contributed by atoms with van der Waals surface area (Å²) < 4.78 is 0. The van der Waals surface area contributed by atoms with Crippen LogP contribution in [0.25, 0.3) is 0 Å². The molecule has 0 fully saturated rings. The smallest absolute Gasteiger partial charge is 0.0103 e. The summed E-state index contributed by atoms with van der Waals surface area (Å²) in [5.41, 5.74) is 8.50. The summed E-state index contributed by atoms with van der Waals surface area (Å²) in [6.45, 7) is 9.65. The molecule has 0 amide bonds. The minimum atomic E-state index is 0.238. The Labute approximate surface area is 97.4 Å². The van der Waals surface area contributed by atoms with E-state index in [1.165, 1.54) is 16.0 Å². The summed E-state index contributed by atoms with van der Waals surface area (Å²) in [6, 6.07) is 6.74. The number of aryl methyl sites for hydroxylation is 1. The van der Waals surface area contributed by atoms with Gasteiger partial charge in [-0.15, -0.1) is 11.8 Å². The lowest BCUT2D eigenvalue weighted by Gasteiger charge is -2.20. The molecule has 0 spiro atoms. The van der Waals surface area contributed by atoms with Crippen LogP contribution in [0.3, 0.4) is 0 Å². The summed E-state index contributed by atoms with van der Waals surface area (Å²) in [7, 11) is 0. The van der Waals surface area contributed by atoms with Crippen LogP contribution < -0.4 is 5.73 Å². The van der Waals surface area contributed by atoms with E-state index in [4.69, 9.17) is 5.73 Å². The zero-order valence-corrected chi connectivity index (χ0v) is 10.9. The molecule has 0 heterocycles. The predicted octanol–water partition coefficient (Wildman–Crippen LogP) is 3.34. The van der Waals surface area contributed by atoms with Gasteiger partial charge in [0.25, 0.3) is 0 Å². The third-order valence-electron chi connectivity index (χ3n) is 2.42. The van der Waals surface area contributed by atoms with Crippen LogP contribution >= 0.6 is 11.8 Å². The second-order valence-electron chi connectivity index (χ2n) is 4.87. The van der Waals surface area contributed by atoms with Gasteiger partial charge in [0.05, 0.1) is 0 Å². The highest BCUT2D eigenvalue weighted by molar-refractivity contribution is 7.99. The number of nitrogens with two attached hydrogens (primary N) is 1. The molecule has 2 N–H and O–H groups in total. The third kappa shape index (κ3) is 3.54. The van der Waals surface area contributed by atoms with E-state index in [1.807, 2.05) is 11.8 Å². The first-order valence-electron chi connectivity index (χ1n) is 5.39. The maximum absolute atomic E-state index is 5.50. The van der Waals surface area contributed by atoms with E-state index in [2.05, 4.69) is 45.9 Å². The zero-order chi connectivity index (χ0) is 11.5. The molecule has 0 unspecified atom stereocenters. The predicted molar refractivity (Wildman–Crippen MR) is 69.7 cm³/mol. The molecule has 2 heteroatoms. The van der Waals surface area contributed by atoms with E-state index in [0.717, 1.165) is 12.3 Å². The lowest BCUT2D eigenvalue weighted by Crippen LogP contribution is -2.11. The largest absolute Gasteiger partial charge is 0.330 e. The molecule has 0 atom stereocenters. The summed E-state index contributed by atoms with van der Waals surface area (Å²) in [4.78, 5) is 1.36. The number of hydrogen-bond acceptors (Lipinski definition) is 2. The molecule has 0 saturated carbocycles. The number of rotatable bonds is 3. The monoisotopic (exact) mass is 223 g/mol. The first kappa shape index (κ1) is 12.6. The quantitative estimate of drug-likeness (QED) is 0.795. The standard InChI is InChI=1S/C13H21NS/c1-10-9-11(13(2,3)4)5-6-12(10)15-8-7-14/h5-6,9H,7-8,14H2,1-4H3. The Bertz CT molecular complexity index is 326. The van der Waals surface area contributed by atoms with Gasteiger partial charge < -0.3 is 5.73 Å². The molecule has 1 aromatic rings. The Balaban J connectivity index is 2.88. The molecule has 0 saturated heterocycles. The van der Waals surface area contributed by atoms with Crippen molar-refractivity contribution < 1.29 is 0 Å². The summed E-state index contributed by atoms with van der Waals surface area (Å²) in [5, 5.41) is 0. The molecular weight excluding hydrogens is 202 g/mol. The SMILES string of the molecule is Cc1cc(C(C)(C)C)ccc1SCCN. The van der Waals surface area contributed by atoms with Gasteiger partial charge in [0.2, 0.25) is 0 Å². The van der Waals surface area contributed by atoms with Crippen molar-refractivity contribution in [1.82, 2.24) is 0 Å². The maximum atomic E-state index is 5.50. The van der Waals surface area contributed by atoms with Crippen molar-refractivity contribution >= 4 is 11.8 Å². The van der Waals surface area contributed by atoms with Crippen LogP contribution in [0.15, 0.2) is 23.1 Å². The van der Waals surface area contributed by atoms with E-state index >= 15 is 0 Å². The van der Waals surface area contributed by atoms with Gasteiger partial charge >= 0.3 is 0 Å². The lowest BCUT2D eigenvalue weighted by atomic mass is 9.86. The van der Waals surface area contributed by atoms with Crippen LogP contribution in [0.5, 0.6) is 0 Å². The lowest BCUT2D eigenvalue weighted by molar-refractivity contribution is 0.589. The highest BCUT2D eigenvalue weighted by Gasteiger charge is 2.14. The van der Waals surface area contributed by atoms with Gasteiger partial charge in [-0.2, -0.15) is 0 Å². The number of hydrogen-bond donors (Lipinski definition) is 1. The Morgan fingerprint density at radius 1 is 1.27 bits per heavy atom. The molecule has 0 radical (unpaired) electrons. The highest BCUT2D eigenvalue weighted by Crippen LogP contribution is 2.28. The molecule has 1 nitrogen and oxygen atoms in total. The number of thioether (sulfide) groups is 1. The molecule has 84 valence electrons. The fourth-order valence-electron chi connectivity index (χ4n) is 1.45. The van der Waals surface area contributed by atoms with E-state index in [-0.39, 0.29) is 5.41 Å². The van der Waals surface area contributed by atoms with Gasteiger partial charge in [0.1, 0.15) is 0 Å². The topological polar surface area (TPSA) is 26.0 Å². The molecule has 1 aromatic carbocycles. The van der Waals surface area contributed by atoms with E-state index in [9.17, 15) is 0 Å². The molecule has 0 aliphatic heterocycles. The van der Waals surface area contributed by atoms with Crippen LogP contribution in [0.4, 0.5) is 0 Å². The fourth-order valence-corrected chi connectivity index (χ4v) is 2.24. The Morgan fingerprint density at radius 3 is 2.40 bits per heavy atom. The average Bonchev–Trinajstić information content (AvgIpc) is 2.14.